The number of hydrogen-bond donors (Lipinski definition) is 1. The number of nitrogens with zero attached hydrogens (tertiary/aromatic N) is 5. The van der Waals surface area contributed by atoms with E-state index < -0.39 is 0 Å². The van der Waals surface area contributed by atoms with Crippen LogP contribution in [0.25, 0.3) is 0 Å². The lowest BCUT2D eigenvalue weighted by Gasteiger charge is -2.26. The molecule has 3 rings (SSSR count). The van der Waals surface area contributed by atoms with Crippen LogP contribution in [0.5, 0.6) is 0 Å². The molecule has 0 bridgehead atoms. The smallest absolute Gasteiger partial charge is 0.274 e. The summed E-state index contributed by atoms with van der Waals surface area (Å²) in [6.07, 6.45) is 5.01. The number of aromatic amines is 1. The first-order valence-corrected chi connectivity index (χ1v) is 7.41. The van der Waals surface area contributed by atoms with Gasteiger partial charge in [-0.3, -0.25) is 9.80 Å². The minimum absolute atomic E-state index is 0.0941. The highest BCUT2D eigenvalue weighted by atomic mass is 16.5. The van der Waals surface area contributed by atoms with Gasteiger partial charge in [0, 0.05) is 26.2 Å². The van der Waals surface area contributed by atoms with Gasteiger partial charge >= 0.3 is 0 Å². The van der Waals surface area contributed by atoms with Gasteiger partial charge in [-0.05, 0) is 19.3 Å². The standard InChI is InChI=1S/C13H20N6O2/c20-13(18-6-8-21-9-7-18)11-12(15-10-14-11)16-17-19-4-2-1-3-5-19/h10H,1-9H2,(H,14,15)/b17-16+. The zero-order valence-electron chi connectivity index (χ0n) is 12.0. The van der Waals surface area contributed by atoms with Crippen LogP contribution in [0.4, 0.5) is 5.82 Å². The molecular formula is C13H20N6O2. The Balaban J connectivity index is 1.67. The SMILES string of the molecule is O=C(c1[nH]cnc1/N=N/N1CCCCC1)N1CCOCC1. The highest BCUT2D eigenvalue weighted by Crippen LogP contribution is 2.18. The molecule has 1 N–H and O–H groups in total. The molecule has 0 radical (unpaired) electrons. The van der Waals surface area contributed by atoms with Crippen molar-refractivity contribution < 1.29 is 9.53 Å². The number of nitrogens with one attached hydrogen (secondary N) is 1. The zero-order chi connectivity index (χ0) is 14.5. The third-order valence-electron chi connectivity index (χ3n) is 3.73. The Morgan fingerprint density at radius 2 is 1.95 bits per heavy atom. The maximum absolute atomic E-state index is 12.4. The molecule has 3 heterocycles. The number of piperidine rings is 1. The van der Waals surface area contributed by atoms with Crippen molar-refractivity contribution in [2.75, 3.05) is 39.4 Å². The van der Waals surface area contributed by atoms with Crippen molar-refractivity contribution in [1.29, 1.82) is 0 Å². The molecule has 0 saturated carbocycles. The van der Waals surface area contributed by atoms with Gasteiger partial charge in [-0.1, -0.05) is 5.22 Å². The molecule has 0 aliphatic carbocycles. The number of imidazole rings is 1. The van der Waals surface area contributed by atoms with E-state index in [-0.39, 0.29) is 5.91 Å². The molecule has 1 amide bonds. The minimum atomic E-state index is -0.0941. The zero-order valence-corrected chi connectivity index (χ0v) is 12.0. The molecule has 2 saturated heterocycles. The molecular weight excluding hydrogens is 272 g/mol. The van der Waals surface area contributed by atoms with Gasteiger partial charge < -0.3 is 14.6 Å². The second-order valence-corrected chi connectivity index (χ2v) is 5.21. The summed E-state index contributed by atoms with van der Waals surface area (Å²) in [6.45, 7) is 4.18. The number of carbonyl (C=O) groups excluding carboxylic acids is 1. The summed E-state index contributed by atoms with van der Waals surface area (Å²) >= 11 is 0. The number of morpholine rings is 1. The summed E-state index contributed by atoms with van der Waals surface area (Å²) in [7, 11) is 0. The lowest BCUT2D eigenvalue weighted by Crippen LogP contribution is -2.40. The largest absolute Gasteiger partial charge is 0.378 e. The van der Waals surface area contributed by atoms with Gasteiger partial charge in [0.1, 0.15) is 0 Å². The molecule has 0 aromatic carbocycles. The van der Waals surface area contributed by atoms with Crippen LogP contribution in [0.15, 0.2) is 16.7 Å². The summed E-state index contributed by atoms with van der Waals surface area (Å²) in [4.78, 5) is 21.1. The van der Waals surface area contributed by atoms with Gasteiger partial charge in [-0.2, -0.15) is 0 Å². The van der Waals surface area contributed by atoms with Crippen molar-refractivity contribution in [3.05, 3.63) is 12.0 Å². The topological polar surface area (TPSA) is 86.2 Å². The minimum Gasteiger partial charge on any atom is -0.378 e. The van der Waals surface area contributed by atoms with Gasteiger partial charge in [0.15, 0.2) is 5.69 Å². The molecule has 21 heavy (non-hydrogen) atoms. The molecule has 2 fully saturated rings. The van der Waals surface area contributed by atoms with Crippen LogP contribution in [0.2, 0.25) is 0 Å². The Kier molecular flexibility index (Phi) is 4.44. The molecule has 2 aliphatic rings. The van der Waals surface area contributed by atoms with Crippen molar-refractivity contribution in [2.45, 2.75) is 19.3 Å². The Labute approximate surface area is 123 Å². The third-order valence-corrected chi connectivity index (χ3v) is 3.73. The number of aromatic nitrogens is 2. The van der Waals surface area contributed by atoms with Gasteiger partial charge in [-0.25, -0.2) is 4.98 Å². The quantitative estimate of drug-likeness (QED) is 0.852. The van der Waals surface area contributed by atoms with E-state index in [1.165, 1.54) is 12.7 Å². The van der Waals surface area contributed by atoms with E-state index in [0.717, 1.165) is 25.9 Å². The molecule has 1 aromatic heterocycles. The monoisotopic (exact) mass is 292 g/mol. The van der Waals surface area contributed by atoms with E-state index in [4.69, 9.17) is 4.74 Å². The van der Waals surface area contributed by atoms with Crippen LogP contribution in [0.3, 0.4) is 0 Å². The highest BCUT2D eigenvalue weighted by molar-refractivity contribution is 5.96. The van der Waals surface area contributed by atoms with Gasteiger partial charge in [-0.15, -0.1) is 5.11 Å². The summed E-state index contributed by atoms with van der Waals surface area (Å²) < 4.78 is 5.26. The Morgan fingerprint density at radius 1 is 1.19 bits per heavy atom. The molecule has 2 aliphatic heterocycles. The highest BCUT2D eigenvalue weighted by Gasteiger charge is 2.23. The fourth-order valence-corrected chi connectivity index (χ4v) is 2.52. The number of rotatable bonds is 3. The lowest BCUT2D eigenvalue weighted by atomic mass is 10.2. The van der Waals surface area contributed by atoms with Crippen LogP contribution in [0, 0.1) is 0 Å². The number of hydrogen-bond acceptors (Lipinski definition) is 5. The average Bonchev–Trinajstić information content (AvgIpc) is 3.02. The predicted octanol–water partition coefficient (Wildman–Crippen LogP) is 1.37. The first-order valence-electron chi connectivity index (χ1n) is 7.41. The average molecular weight is 292 g/mol. The van der Waals surface area contributed by atoms with E-state index in [9.17, 15) is 4.79 Å². The van der Waals surface area contributed by atoms with Crippen LogP contribution >= 0.6 is 0 Å². The summed E-state index contributed by atoms with van der Waals surface area (Å²) in [5.41, 5.74) is 0.401. The van der Waals surface area contributed by atoms with Gasteiger partial charge in [0.05, 0.1) is 19.5 Å². The second-order valence-electron chi connectivity index (χ2n) is 5.21. The number of H-pyrrole nitrogens is 1. The van der Waals surface area contributed by atoms with E-state index in [1.54, 1.807) is 4.90 Å². The lowest BCUT2D eigenvalue weighted by molar-refractivity contribution is 0.0300. The normalized spacial score (nSPS) is 20.2. The van der Waals surface area contributed by atoms with Crippen LogP contribution in [-0.4, -0.2) is 65.2 Å². The van der Waals surface area contributed by atoms with Crippen LogP contribution in [-0.2, 0) is 4.74 Å². The van der Waals surface area contributed by atoms with E-state index >= 15 is 0 Å². The fraction of sp³-hybridized carbons (Fsp3) is 0.692. The molecule has 8 heteroatoms. The molecule has 8 nitrogen and oxygen atoms in total. The summed E-state index contributed by atoms with van der Waals surface area (Å²) in [5, 5.41) is 10.3. The Bertz CT molecular complexity index is 503. The van der Waals surface area contributed by atoms with Crippen molar-refractivity contribution in [2.24, 2.45) is 10.3 Å². The van der Waals surface area contributed by atoms with Crippen LogP contribution < -0.4 is 0 Å². The number of ether oxygens (including phenoxy) is 1. The Morgan fingerprint density at radius 3 is 2.71 bits per heavy atom. The molecule has 114 valence electrons. The van der Waals surface area contributed by atoms with Crippen molar-refractivity contribution in [1.82, 2.24) is 19.9 Å². The molecule has 0 atom stereocenters. The van der Waals surface area contributed by atoms with Gasteiger partial charge in [0.2, 0.25) is 5.82 Å². The number of amides is 1. The summed E-state index contributed by atoms with van der Waals surface area (Å²) in [5.74, 6) is 0.264. The number of carbonyl (C=O) groups is 1. The molecule has 0 unspecified atom stereocenters. The Hall–Kier alpha value is -1.96. The summed E-state index contributed by atoms with van der Waals surface area (Å²) in [6, 6.07) is 0. The maximum atomic E-state index is 12.4. The second kappa shape index (κ2) is 6.66. The van der Waals surface area contributed by atoms with Crippen molar-refractivity contribution in [3.8, 4) is 0 Å². The van der Waals surface area contributed by atoms with Crippen molar-refractivity contribution in [3.63, 3.8) is 0 Å². The van der Waals surface area contributed by atoms with E-state index in [1.807, 2.05) is 5.01 Å². The van der Waals surface area contributed by atoms with E-state index in [0.29, 0.717) is 37.8 Å². The van der Waals surface area contributed by atoms with Crippen LogP contribution in [0.1, 0.15) is 29.8 Å². The molecule has 0 spiro atoms. The first-order chi connectivity index (χ1) is 10.3. The van der Waals surface area contributed by atoms with E-state index in [2.05, 4.69) is 20.3 Å². The van der Waals surface area contributed by atoms with Gasteiger partial charge in [0.25, 0.3) is 5.91 Å². The molecule has 1 aromatic rings. The first kappa shape index (κ1) is 14.0. The maximum Gasteiger partial charge on any atom is 0.274 e. The third kappa shape index (κ3) is 3.38. The predicted molar refractivity (Wildman–Crippen MR) is 75.3 cm³/mol. The van der Waals surface area contributed by atoms with Crippen molar-refractivity contribution >= 4 is 11.7 Å². The fourth-order valence-electron chi connectivity index (χ4n) is 2.52.